The van der Waals surface area contributed by atoms with Gasteiger partial charge in [0.25, 0.3) is 0 Å². The lowest BCUT2D eigenvalue weighted by Crippen LogP contribution is -2.61. The van der Waals surface area contributed by atoms with Crippen molar-refractivity contribution < 1.29 is 35.1 Å². The van der Waals surface area contributed by atoms with Crippen molar-refractivity contribution >= 4 is 5.78 Å². The van der Waals surface area contributed by atoms with Gasteiger partial charge in [-0.15, -0.1) is 0 Å². The van der Waals surface area contributed by atoms with Gasteiger partial charge in [-0.3, -0.25) is 4.79 Å². The maximum absolute atomic E-state index is 10.8. The van der Waals surface area contributed by atoms with E-state index < -0.39 is 42.6 Å². The molecule has 0 aliphatic carbocycles. The van der Waals surface area contributed by atoms with Crippen LogP contribution in [0.5, 0.6) is 0 Å². The Balaban J connectivity index is 2.78. The van der Waals surface area contributed by atoms with Crippen LogP contribution in [-0.4, -0.2) is 68.1 Å². The molecule has 6 atom stereocenters. The number of hydrogen-bond donors (Lipinski definition) is 5. The molecule has 1 saturated heterocycles. The van der Waals surface area contributed by atoms with Crippen LogP contribution in [0.25, 0.3) is 0 Å². The predicted octanol–water partition coefficient (Wildman–Crippen LogP) is -3.26. The van der Waals surface area contributed by atoms with Gasteiger partial charge in [0.15, 0.2) is 12.1 Å². The SMILES string of the molecule is CC(=O)C(O)[C@H]1O[C@H](O)[C@H](O)[C@@H](O)[C@H]1O. The molecule has 1 aliphatic rings. The van der Waals surface area contributed by atoms with Gasteiger partial charge in [0.05, 0.1) is 0 Å². The van der Waals surface area contributed by atoms with Crippen molar-refractivity contribution in [2.75, 3.05) is 0 Å². The number of ketones is 1. The average molecular weight is 222 g/mol. The normalized spacial score (nSPS) is 43.7. The maximum Gasteiger partial charge on any atom is 0.184 e. The minimum absolute atomic E-state index is 0.671. The number of ether oxygens (including phenoxy) is 1. The quantitative estimate of drug-likeness (QED) is 0.332. The largest absolute Gasteiger partial charge is 0.387 e. The second kappa shape index (κ2) is 4.52. The van der Waals surface area contributed by atoms with Gasteiger partial charge >= 0.3 is 0 Å². The summed E-state index contributed by atoms with van der Waals surface area (Å²) < 4.78 is 4.63. The van der Waals surface area contributed by atoms with Gasteiger partial charge in [0, 0.05) is 0 Å². The van der Waals surface area contributed by atoms with E-state index in [0.29, 0.717) is 0 Å². The smallest absolute Gasteiger partial charge is 0.184 e. The molecule has 15 heavy (non-hydrogen) atoms. The molecule has 1 fully saturated rings. The van der Waals surface area contributed by atoms with Crippen molar-refractivity contribution in [2.24, 2.45) is 0 Å². The summed E-state index contributed by atoms with van der Waals surface area (Å²) in [6.07, 6.45) is -9.83. The fourth-order valence-electron chi connectivity index (χ4n) is 1.38. The van der Waals surface area contributed by atoms with E-state index in [2.05, 4.69) is 4.74 Å². The van der Waals surface area contributed by atoms with Crippen LogP contribution < -0.4 is 0 Å². The highest BCUT2D eigenvalue weighted by atomic mass is 16.6. The van der Waals surface area contributed by atoms with Gasteiger partial charge in [-0.1, -0.05) is 0 Å². The van der Waals surface area contributed by atoms with Crippen molar-refractivity contribution in [1.82, 2.24) is 0 Å². The molecule has 0 spiro atoms. The second-order valence-electron chi connectivity index (χ2n) is 3.52. The zero-order valence-electron chi connectivity index (χ0n) is 8.02. The number of carbonyl (C=O) groups excluding carboxylic acids is 1. The van der Waals surface area contributed by atoms with E-state index in [0.717, 1.165) is 6.92 Å². The Morgan fingerprint density at radius 1 is 1.13 bits per heavy atom. The molecule has 0 radical (unpaired) electrons. The predicted molar refractivity (Wildman–Crippen MR) is 45.6 cm³/mol. The molecule has 1 rings (SSSR count). The maximum atomic E-state index is 10.8. The first-order valence-corrected chi connectivity index (χ1v) is 4.42. The first-order chi connectivity index (χ1) is 6.86. The highest BCUT2D eigenvalue weighted by Gasteiger charge is 2.46. The molecule has 1 unspecified atom stereocenters. The molecule has 0 bridgehead atoms. The van der Waals surface area contributed by atoms with Crippen molar-refractivity contribution in [3.05, 3.63) is 0 Å². The number of rotatable bonds is 2. The van der Waals surface area contributed by atoms with Gasteiger partial charge in [0.1, 0.15) is 30.5 Å². The summed E-state index contributed by atoms with van der Waals surface area (Å²) in [6, 6.07) is 0. The lowest BCUT2D eigenvalue weighted by molar-refractivity contribution is -0.293. The van der Waals surface area contributed by atoms with Crippen LogP contribution in [0.15, 0.2) is 0 Å². The van der Waals surface area contributed by atoms with Crippen molar-refractivity contribution in [3.8, 4) is 0 Å². The van der Waals surface area contributed by atoms with Crippen LogP contribution in [-0.2, 0) is 9.53 Å². The molecule has 0 saturated carbocycles. The Morgan fingerprint density at radius 2 is 1.67 bits per heavy atom. The fraction of sp³-hybridized carbons (Fsp3) is 0.875. The van der Waals surface area contributed by atoms with Gasteiger partial charge in [-0.05, 0) is 6.92 Å². The molecular weight excluding hydrogens is 208 g/mol. The fourth-order valence-corrected chi connectivity index (χ4v) is 1.38. The van der Waals surface area contributed by atoms with E-state index in [1.807, 2.05) is 0 Å². The van der Waals surface area contributed by atoms with Crippen LogP contribution in [0, 0.1) is 0 Å². The van der Waals surface area contributed by atoms with Gasteiger partial charge < -0.3 is 30.3 Å². The molecule has 1 aliphatic heterocycles. The Bertz CT molecular complexity index is 243. The third-order valence-corrected chi connectivity index (χ3v) is 2.35. The zero-order valence-corrected chi connectivity index (χ0v) is 8.02. The van der Waals surface area contributed by atoms with Crippen molar-refractivity contribution in [3.63, 3.8) is 0 Å². The molecule has 0 amide bonds. The average Bonchev–Trinajstić information content (AvgIpc) is 2.19. The molecule has 7 heteroatoms. The first-order valence-electron chi connectivity index (χ1n) is 4.42. The molecule has 0 aromatic carbocycles. The van der Waals surface area contributed by atoms with E-state index in [1.54, 1.807) is 0 Å². The van der Waals surface area contributed by atoms with Crippen LogP contribution in [0.3, 0.4) is 0 Å². The summed E-state index contributed by atoms with van der Waals surface area (Å²) in [4.78, 5) is 10.8. The highest BCUT2D eigenvalue weighted by Crippen LogP contribution is 2.22. The molecule has 0 aromatic rings. The van der Waals surface area contributed by atoms with E-state index in [-0.39, 0.29) is 0 Å². The Morgan fingerprint density at radius 3 is 2.13 bits per heavy atom. The van der Waals surface area contributed by atoms with Crippen molar-refractivity contribution in [1.29, 1.82) is 0 Å². The van der Waals surface area contributed by atoms with Crippen LogP contribution in [0.4, 0.5) is 0 Å². The zero-order chi connectivity index (χ0) is 11.7. The Labute approximate surface area is 85.5 Å². The number of carbonyl (C=O) groups is 1. The molecular formula is C8H14O7. The van der Waals surface area contributed by atoms with Gasteiger partial charge in [-0.25, -0.2) is 0 Å². The Kier molecular flexibility index (Phi) is 3.77. The van der Waals surface area contributed by atoms with Crippen molar-refractivity contribution in [2.45, 2.75) is 43.7 Å². The minimum atomic E-state index is -1.75. The molecule has 1 heterocycles. The second-order valence-corrected chi connectivity index (χ2v) is 3.52. The number of hydrogen-bond acceptors (Lipinski definition) is 7. The molecule has 0 aromatic heterocycles. The molecule has 88 valence electrons. The van der Waals surface area contributed by atoms with Gasteiger partial charge in [-0.2, -0.15) is 0 Å². The molecule has 5 N–H and O–H groups in total. The lowest BCUT2D eigenvalue weighted by atomic mass is 9.94. The summed E-state index contributed by atoms with van der Waals surface area (Å²) >= 11 is 0. The lowest BCUT2D eigenvalue weighted by Gasteiger charge is -2.39. The highest BCUT2D eigenvalue weighted by molar-refractivity contribution is 5.80. The number of Topliss-reactive ketones (excluding diaryl/α,β-unsaturated/α-hetero) is 1. The molecule has 7 nitrogen and oxygen atoms in total. The summed E-state index contributed by atoms with van der Waals surface area (Å²) in [5.74, 6) is -0.671. The Hall–Kier alpha value is -0.570. The number of aliphatic hydroxyl groups excluding tert-OH is 5. The third-order valence-electron chi connectivity index (χ3n) is 2.35. The first kappa shape index (κ1) is 12.5. The van der Waals surface area contributed by atoms with E-state index in [1.165, 1.54) is 0 Å². The van der Waals surface area contributed by atoms with Crippen LogP contribution in [0.1, 0.15) is 6.92 Å². The summed E-state index contributed by atoms with van der Waals surface area (Å²) in [6.45, 7) is 1.07. The van der Waals surface area contributed by atoms with Crippen LogP contribution in [0.2, 0.25) is 0 Å². The standard InChI is InChI=1S/C8H14O7/c1-2(9)3(10)7-5(12)4(11)6(13)8(14)15-7/h3-8,10-14H,1H3/t3?,4-,5+,6+,7+,8-/m0/s1. The summed E-state index contributed by atoms with van der Waals surface area (Å²) in [7, 11) is 0. The monoisotopic (exact) mass is 222 g/mol. The van der Waals surface area contributed by atoms with E-state index in [9.17, 15) is 20.1 Å². The third kappa shape index (κ3) is 2.33. The number of aliphatic hydroxyl groups is 5. The summed E-state index contributed by atoms with van der Waals surface area (Å²) in [5, 5.41) is 46.2. The van der Waals surface area contributed by atoms with E-state index >= 15 is 0 Å². The van der Waals surface area contributed by atoms with Crippen LogP contribution >= 0.6 is 0 Å². The summed E-state index contributed by atoms with van der Waals surface area (Å²) in [5.41, 5.74) is 0. The topological polar surface area (TPSA) is 127 Å². The minimum Gasteiger partial charge on any atom is -0.387 e. The van der Waals surface area contributed by atoms with Gasteiger partial charge in [0.2, 0.25) is 0 Å². The van der Waals surface area contributed by atoms with E-state index in [4.69, 9.17) is 10.2 Å².